The summed E-state index contributed by atoms with van der Waals surface area (Å²) < 4.78 is 0. The minimum atomic E-state index is -0.101. The van der Waals surface area contributed by atoms with Crippen LogP contribution in [0, 0.1) is 0 Å². The Morgan fingerprint density at radius 1 is 1.15 bits per heavy atom. The van der Waals surface area contributed by atoms with Crippen molar-refractivity contribution in [3.63, 3.8) is 0 Å². The third kappa shape index (κ3) is 1.94. The van der Waals surface area contributed by atoms with Crippen LogP contribution in [0.25, 0.3) is 0 Å². The van der Waals surface area contributed by atoms with Gasteiger partial charge in [-0.3, -0.25) is 9.97 Å². The number of pyridine rings is 2. The molecule has 2 aromatic rings. The molecule has 0 saturated heterocycles. The number of hydrogen-bond donors (Lipinski definition) is 1. The van der Waals surface area contributed by atoms with Crippen molar-refractivity contribution in [1.29, 1.82) is 0 Å². The number of rotatable bonds is 3. The van der Waals surface area contributed by atoms with Gasteiger partial charge < -0.3 is 0 Å². The maximum absolute atomic E-state index is 4.33. The predicted octanol–water partition coefficient (Wildman–Crippen LogP) is 1.49. The molecule has 1 aliphatic rings. The van der Waals surface area contributed by atoms with Crippen molar-refractivity contribution < 1.29 is 4.99 Å². The summed E-state index contributed by atoms with van der Waals surface area (Å²) in [4.78, 5) is 12.3. The van der Waals surface area contributed by atoms with E-state index in [1.54, 1.807) is 0 Å². The summed E-state index contributed by atoms with van der Waals surface area (Å²) in [6.07, 6.45) is 9.70. The van der Waals surface area contributed by atoms with Crippen LogP contribution in [0.2, 0.25) is 0 Å². The molecular weight excluding hydrogens is 246 g/mol. The second-order valence-electron chi connectivity index (χ2n) is 5.47. The van der Waals surface area contributed by atoms with E-state index in [2.05, 4.69) is 40.9 Å². The lowest BCUT2D eigenvalue weighted by Crippen LogP contribution is -2.75. The molecule has 3 nitrogen and oxygen atoms in total. The Hall–Kier alpha value is -2.03. The topological polar surface area (TPSA) is 39.8 Å². The average molecular weight is 266 g/mol. The first kappa shape index (κ1) is 13.0. The highest BCUT2D eigenvalue weighted by molar-refractivity contribution is 5.94. The van der Waals surface area contributed by atoms with Crippen molar-refractivity contribution in [3.05, 3.63) is 60.2 Å². The van der Waals surface area contributed by atoms with E-state index < -0.39 is 0 Å². The van der Waals surface area contributed by atoms with E-state index in [1.165, 1.54) is 16.8 Å². The molecule has 0 aliphatic carbocycles. The van der Waals surface area contributed by atoms with Gasteiger partial charge in [-0.05, 0) is 30.2 Å². The maximum atomic E-state index is 4.33. The zero-order chi connectivity index (χ0) is 14.0. The molecule has 2 aromatic heterocycles. The molecule has 0 spiro atoms. The monoisotopic (exact) mass is 266 g/mol. The van der Waals surface area contributed by atoms with Crippen LogP contribution in [0.15, 0.2) is 49.1 Å². The van der Waals surface area contributed by atoms with Gasteiger partial charge in [-0.1, -0.05) is 19.1 Å². The van der Waals surface area contributed by atoms with Gasteiger partial charge in [0.2, 0.25) is 0 Å². The number of aromatic nitrogens is 2. The van der Waals surface area contributed by atoms with Crippen LogP contribution in [0.4, 0.5) is 0 Å². The van der Waals surface area contributed by atoms with Gasteiger partial charge in [-0.15, -0.1) is 0 Å². The molecule has 1 atom stereocenters. The molecule has 0 radical (unpaired) electrons. The molecule has 3 rings (SSSR count). The second-order valence-corrected chi connectivity index (χ2v) is 5.47. The van der Waals surface area contributed by atoms with Crippen LogP contribution in [-0.4, -0.2) is 21.7 Å². The number of nitrogens with one attached hydrogen (secondary N) is 1. The van der Waals surface area contributed by atoms with Gasteiger partial charge in [-0.2, -0.15) is 0 Å². The molecule has 3 heteroatoms. The molecule has 102 valence electrons. The zero-order valence-electron chi connectivity index (χ0n) is 12.0. The maximum Gasteiger partial charge on any atom is 0.166 e. The van der Waals surface area contributed by atoms with Crippen molar-refractivity contribution in [2.45, 2.75) is 38.1 Å². The van der Waals surface area contributed by atoms with Gasteiger partial charge >= 0.3 is 0 Å². The fourth-order valence-electron chi connectivity index (χ4n) is 3.44. The van der Waals surface area contributed by atoms with Crippen molar-refractivity contribution in [2.24, 2.45) is 0 Å². The van der Waals surface area contributed by atoms with Crippen LogP contribution in [0.5, 0.6) is 0 Å². The van der Waals surface area contributed by atoms with Gasteiger partial charge in [-0.25, -0.2) is 4.99 Å². The van der Waals surface area contributed by atoms with E-state index in [0.717, 1.165) is 12.8 Å². The van der Waals surface area contributed by atoms with Gasteiger partial charge in [0.25, 0.3) is 0 Å². The highest BCUT2D eigenvalue weighted by atomic mass is 14.9. The fourth-order valence-corrected chi connectivity index (χ4v) is 3.44. The zero-order valence-corrected chi connectivity index (χ0v) is 12.0. The Morgan fingerprint density at radius 3 is 2.20 bits per heavy atom. The van der Waals surface area contributed by atoms with E-state index in [0.29, 0.717) is 6.04 Å². The van der Waals surface area contributed by atoms with Crippen LogP contribution >= 0.6 is 0 Å². The summed E-state index contributed by atoms with van der Waals surface area (Å²) in [5.41, 5.74) is 3.77. The fraction of sp³-hybridized carbons (Fsp3) is 0.353. The van der Waals surface area contributed by atoms with Crippen LogP contribution < -0.4 is 4.99 Å². The first-order valence-electron chi connectivity index (χ1n) is 7.21. The van der Waals surface area contributed by atoms with Crippen LogP contribution in [0.1, 0.15) is 37.8 Å². The van der Waals surface area contributed by atoms with Crippen molar-refractivity contribution in [2.75, 3.05) is 0 Å². The Labute approximate surface area is 119 Å². The summed E-state index contributed by atoms with van der Waals surface area (Å²) in [6.45, 7) is 4.45. The first-order chi connectivity index (χ1) is 9.77. The Balaban J connectivity index is 2.22. The van der Waals surface area contributed by atoms with Crippen molar-refractivity contribution >= 4 is 5.71 Å². The predicted molar refractivity (Wildman–Crippen MR) is 79.6 cm³/mol. The van der Waals surface area contributed by atoms with Gasteiger partial charge in [0.15, 0.2) is 5.71 Å². The lowest BCUT2D eigenvalue weighted by atomic mass is 9.69. The minimum absolute atomic E-state index is 0.101. The normalized spacial score (nSPS) is 20.7. The molecule has 0 unspecified atom stereocenters. The molecule has 3 heterocycles. The molecule has 0 fully saturated rings. The second kappa shape index (κ2) is 5.16. The lowest BCUT2D eigenvalue weighted by molar-refractivity contribution is -0.489. The molecule has 20 heavy (non-hydrogen) atoms. The Bertz CT molecular complexity index is 565. The average Bonchev–Trinajstić information content (AvgIpc) is 2.87. The third-order valence-corrected chi connectivity index (χ3v) is 4.21. The van der Waals surface area contributed by atoms with Gasteiger partial charge in [0.05, 0.1) is 0 Å². The first-order valence-corrected chi connectivity index (χ1v) is 7.21. The van der Waals surface area contributed by atoms with Gasteiger partial charge in [0.1, 0.15) is 11.5 Å². The molecule has 0 amide bonds. The van der Waals surface area contributed by atoms with Crippen LogP contribution in [-0.2, 0) is 5.41 Å². The van der Waals surface area contributed by atoms with Crippen molar-refractivity contribution in [1.82, 2.24) is 9.97 Å². The number of nitrogens with zero attached hydrogens (tertiary/aromatic N) is 2. The largest absolute Gasteiger partial charge is 0.264 e. The SMILES string of the molecule is CCC1=[NH+][C@@H](C)CC1(c1cccnc1)c1cccnc1. The minimum Gasteiger partial charge on any atom is -0.264 e. The summed E-state index contributed by atoms with van der Waals surface area (Å²) in [6, 6.07) is 8.85. The summed E-state index contributed by atoms with van der Waals surface area (Å²) in [7, 11) is 0. The molecule has 1 aliphatic heterocycles. The van der Waals surface area contributed by atoms with E-state index >= 15 is 0 Å². The van der Waals surface area contributed by atoms with E-state index in [-0.39, 0.29) is 5.41 Å². The summed E-state index contributed by atoms with van der Waals surface area (Å²) in [5.74, 6) is 0. The highest BCUT2D eigenvalue weighted by Crippen LogP contribution is 2.38. The lowest BCUT2D eigenvalue weighted by Gasteiger charge is -2.28. The quantitative estimate of drug-likeness (QED) is 0.914. The number of hydrogen-bond acceptors (Lipinski definition) is 2. The highest BCUT2D eigenvalue weighted by Gasteiger charge is 2.49. The molecule has 0 aromatic carbocycles. The van der Waals surface area contributed by atoms with Crippen LogP contribution in [0.3, 0.4) is 0 Å². The molecular formula is C17H20N3+. The Morgan fingerprint density at radius 2 is 1.75 bits per heavy atom. The molecule has 0 bridgehead atoms. The molecule has 1 N–H and O–H groups in total. The Kier molecular flexibility index (Phi) is 3.35. The standard InChI is InChI=1S/C17H19N3/c1-3-16-17(10-13(2)20-16,14-6-4-8-18-11-14)15-7-5-9-19-12-15/h4-9,11-13H,3,10H2,1-2H3/p+1/t13-/m0/s1. The third-order valence-electron chi connectivity index (χ3n) is 4.21. The van der Waals surface area contributed by atoms with Gasteiger partial charge in [0, 0.05) is 37.6 Å². The van der Waals surface area contributed by atoms with Crippen molar-refractivity contribution in [3.8, 4) is 0 Å². The summed E-state index contributed by atoms with van der Waals surface area (Å²) >= 11 is 0. The van der Waals surface area contributed by atoms with E-state index in [9.17, 15) is 0 Å². The summed E-state index contributed by atoms with van der Waals surface area (Å²) in [5, 5.41) is 0. The van der Waals surface area contributed by atoms with E-state index in [1.807, 2.05) is 36.9 Å². The van der Waals surface area contributed by atoms with E-state index in [4.69, 9.17) is 0 Å². The molecule has 0 saturated carbocycles. The smallest absolute Gasteiger partial charge is 0.166 e.